The van der Waals surface area contributed by atoms with Gasteiger partial charge in [0.25, 0.3) is 0 Å². The second-order valence-electron chi connectivity index (χ2n) is 5.04. The Bertz CT molecular complexity index is 578. The minimum absolute atomic E-state index is 0.0701. The molecule has 1 fully saturated rings. The van der Waals surface area contributed by atoms with Gasteiger partial charge in [0.05, 0.1) is 30.0 Å². The van der Waals surface area contributed by atoms with E-state index in [-0.39, 0.29) is 6.10 Å². The summed E-state index contributed by atoms with van der Waals surface area (Å²) in [6.07, 6.45) is 0.00403. The summed E-state index contributed by atoms with van der Waals surface area (Å²) in [6.45, 7) is 3.66. The van der Waals surface area contributed by atoms with E-state index in [1.165, 1.54) is 0 Å². The van der Waals surface area contributed by atoms with Crippen LogP contribution in [0.1, 0.15) is 12.6 Å². The SMILES string of the molecule is CCn1nc(CC(O)C2CSCCO2)c2ccccc21. The number of thioether (sulfide) groups is 1. The summed E-state index contributed by atoms with van der Waals surface area (Å²) in [4.78, 5) is 0. The Morgan fingerprint density at radius 2 is 2.35 bits per heavy atom. The molecule has 1 aliphatic heterocycles. The second kappa shape index (κ2) is 6.16. The summed E-state index contributed by atoms with van der Waals surface area (Å²) in [7, 11) is 0. The fraction of sp³-hybridized carbons (Fsp3) is 0.533. The highest BCUT2D eigenvalue weighted by atomic mass is 32.2. The van der Waals surface area contributed by atoms with E-state index < -0.39 is 6.10 Å². The number of aliphatic hydroxyl groups is 1. The van der Waals surface area contributed by atoms with Gasteiger partial charge in [0.1, 0.15) is 0 Å². The van der Waals surface area contributed by atoms with Gasteiger partial charge in [-0.05, 0) is 13.0 Å². The molecule has 2 aromatic rings. The predicted octanol–water partition coefficient (Wildman–Crippen LogP) is 2.09. The van der Waals surface area contributed by atoms with Gasteiger partial charge in [-0.3, -0.25) is 4.68 Å². The number of benzene rings is 1. The van der Waals surface area contributed by atoms with Crippen LogP contribution in [-0.4, -0.2) is 45.2 Å². The number of hydrogen-bond acceptors (Lipinski definition) is 4. The van der Waals surface area contributed by atoms with Crippen molar-refractivity contribution >= 4 is 22.7 Å². The number of nitrogens with zero attached hydrogens (tertiary/aromatic N) is 2. The monoisotopic (exact) mass is 292 g/mol. The van der Waals surface area contributed by atoms with Crippen LogP contribution in [0, 0.1) is 0 Å². The van der Waals surface area contributed by atoms with Crippen LogP contribution in [0.25, 0.3) is 10.9 Å². The molecule has 0 spiro atoms. The van der Waals surface area contributed by atoms with Crippen molar-refractivity contribution in [2.45, 2.75) is 32.1 Å². The Kier molecular flexibility index (Phi) is 4.29. The molecule has 108 valence electrons. The average molecular weight is 292 g/mol. The highest BCUT2D eigenvalue weighted by Crippen LogP contribution is 2.22. The van der Waals surface area contributed by atoms with Crippen LogP contribution in [-0.2, 0) is 17.7 Å². The number of fused-ring (bicyclic) bond motifs is 1. The molecule has 0 bridgehead atoms. The molecule has 2 heterocycles. The minimum Gasteiger partial charge on any atom is -0.390 e. The number of aliphatic hydroxyl groups excluding tert-OH is 1. The van der Waals surface area contributed by atoms with Gasteiger partial charge in [0, 0.05) is 29.9 Å². The highest BCUT2D eigenvalue weighted by molar-refractivity contribution is 7.99. The van der Waals surface area contributed by atoms with Crippen molar-refractivity contribution in [3.8, 4) is 0 Å². The lowest BCUT2D eigenvalue weighted by atomic mass is 10.1. The van der Waals surface area contributed by atoms with Gasteiger partial charge in [-0.1, -0.05) is 18.2 Å². The molecule has 1 N–H and O–H groups in total. The van der Waals surface area contributed by atoms with Gasteiger partial charge < -0.3 is 9.84 Å². The molecule has 0 saturated carbocycles. The Morgan fingerprint density at radius 1 is 1.50 bits per heavy atom. The number of ether oxygens (including phenoxy) is 1. The highest BCUT2D eigenvalue weighted by Gasteiger charge is 2.25. The zero-order chi connectivity index (χ0) is 13.9. The van der Waals surface area contributed by atoms with Crippen molar-refractivity contribution in [2.24, 2.45) is 0 Å². The van der Waals surface area contributed by atoms with Gasteiger partial charge >= 0.3 is 0 Å². The molecular formula is C15H20N2O2S. The van der Waals surface area contributed by atoms with E-state index in [1.807, 2.05) is 28.6 Å². The number of aryl methyl sites for hydroxylation is 1. The second-order valence-corrected chi connectivity index (χ2v) is 6.19. The van der Waals surface area contributed by atoms with E-state index in [2.05, 4.69) is 24.2 Å². The summed E-state index contributed by atoms with van der Waals surface area (Å²) >= 11 is 1.84. The van der Waals surface area contributed by atoms with Crippen LogP contribution in [0.4, 0.5) is 0 Å². The average Bonchev–Trinajstić information content (AvgIpc) is 2.86. The lowest BCUT2D eigenvalue weighted by Crippen LogP contribution is -2.36. The maximum atomic E-state index is 10.4. The van der Waals surface area contributed by atoms with Gasteiger partial charge in [-0.25, -0.2) is 0 Å². The van der Waals surface area contributed by atoms with Crippen molar-refractivity contribution in [3.05, 3.63) is 30.0 Å². The third kappa shape index (κ3) is 2.71. The summed E-state index contributed by atoms with van der Waals surface area (Å²) in [5.41, 5.74) is 2.10. The number of aromatic nitrogens is 2. The third-order valence-corrected chi connectivity index (χ3v) is 4.73. The quantitative estimate of drug-likeness (QED) is 0.937. The van der Waals surface area contributed by atoms with E-state index in [9.17, 15) is 5.11 Å². The van der Waals surface area contributed by atoms with Crippen LogP contribution < -0.4 is 0 Å². The molecule has 2 unspecified atom stereocenters. The van der Waals surface area contributed by atoms with Crippen LogP contribution in [0.15, 0.2) is 24.3 Å². The molecule has 1 aromatic heterocycles. The van der Waals surface area contributed by atoms with Gasteiger partial charge in [0.2, 0.25) is 0 Å². The predicted molar refractivity (Wildman–Crippen MR) is 82.2 cm³/mol. The smallest absolute Gasteiger partial charge is 0.0928 e. The van der Waals surface area contributed by atoms with E-state index in [1.54, 1.807) is 0 Å². The fourth-order valence-corrected chi connectivity index (χ4v) is 3.58. The zero-order valence-electron chi connectivity index (χ0n) is 11.7. The Labute approximate surface area is 123 Å². The largest absolute Gasteiger partial charge is 0.390 e. The lowest BCUT2D eigenvalue weighted by Gasteiger charge is -2.26. The molecule has 5 heteroatoms. The molecule has 2 atom stereocenters. The summed E-state index contributed by atoms with van der Waals surface area (Å²) < 4.78 is 7.65. The third-order valence-electron chi connectivity index (χ3n) is 3.71. The molecular weight excluding hydrogens is 272 g/mol. The Morgan fingerprint density at radius 3 is 3.10 bits per heavy atom. The Balaban J connectivity index is 1.83. The van der Waals surface area contributed by atoms with Crippen molar-refractivity contribution in [1.82, 2.24) is 9.78 Å². The van der Waals surface area contributed by atoms with Gasteiger partial charge in [0.15, 0.2) is 0 Å². The molecule has 0 aliphatic carbocycles. The summed E-state index contributed by atoms with van der Waals surface area (Å²) in [6, 6.07) is 8.20. The van der Waals surface area contributed by atoms with Crippen molar-refractivity contribution in [3.63, 3.8) is 0 Å². The first-order chi connectivity index (χ1) is 9.79. The first kappa shape index (κ1) is 13.9. The summed E-state index contributed by atoms with van der Waals surface area (Å²) in [5, 5.41) is 16.2. The number of rotatable bonds is 4. The maximum Gasteiger partial charge on any atom is 0.0928 e. The van der Waals surface area contributed by atoms with Gasteiger partial charge in [-0.15, -0.1) is 0 Å². The lowest BCUT2D eigenvalue weighted by molar-refractivity contribution is -0.0210. The van der Waals surface area contributed by atoms with E-state index in [4.69, 9.17) is 4.74 Å². The van der Waals surface area contributed by atoms with Crippen molar-refractivity contribution < 1.29 is 9.84 Å². The van der Waals surface area contributed by atoms with E-state index in [0.29, 0.717) is 6.42 Å². The standard InChI is InChI=1S/C15H20N2O2S/c1-2-17-13-6-4-3-5-11(13)12(16-17)9-14(18)15-10-20-8-7-19-15/h3-6,14-15,18H,2,7-10H2,1H3. The number of hydrogen-bond donors (Lipinski definition) is 1. The van der Waals surface area contributed by atoms with Crippen molar-refractivity contribution in [1.29, 1.82) is 0 Å². The Hall–Kier alpha value is -1.04. The van der Waals surface area contributed by atoms with Crippen LogP contribution in [0.2, 0.25) is 0 Å². The first-order valence-electron chi connectivity index (χ1n) is 7.11. The molecule has 0 amide bonds. The molecule has 1 aromatic carbocycles. The number of para-hydroxylation sites is 1. The zero-order valence-corrected chi connectivity index (χ0v) is 12.5. The van der Waals surface area contributed by atoms with Crippen LogP contribution in [0.5, 0.6) is 0 Å². The van der Waals surface area contributed by atoms with Gasteiger partial charge in [-0.2, -0.15) is 16.9 Å². The van der Waals surface area contributed by atoms with E-state index in [0.717, 1.165) is 41.3 Å². The van der Waals surface area contributed by atoms with Crippen molar-refractivity contribution in [2.75, 3.05) is 18.1 Å². The maximum absolute atomic E-state index is 10.4. The fourth-order valence-electron chi connectivity index (χ4n) is 2.65. The van der Waals surface area contributed by atoms with Crippen LogP contribution in [0.3, 0.4) is 0 Å². The van der Waals surface area contributed by atoms with E-state index >= 15 is 0 Å². The minimum atomic E-state index is -0.480. The summed E-state index contributed by atoms with van der Waals surface area (Å²) in [5.74, 6) is 1.89. The molecule has 1 saturated heterocycles. The first-order valence-corrected chi connectivity index (χ1v) is 8.27. The molecule has 4 nitrogen and oxygen atoms in total. The molecule has 1 aliphatic rings. The molecule has 3 rings (SSSR count). The topological polar surface area (TPSA) is 47.3 Å². The van der Waals surface area contributed by atoms with Crippen LogP contribution >= 0.6 is 11.8 Å². The molecule has 20 heavy (non-hydrogen) atoms. The molecule has 0 radical (unpaired) electrons. The normalized spacial score (nSPS) is 21.2.